The first-order valence-electron chi connectivity index (χ1n) is 8.25. The van der Waals surface area contributed by atoms with Crippen LogP contribution in [0.3, 0.4) is 0 Å². The molecule has 0 bridgehead atoms. The second-order valence-electron chi connectivity index (χ2n) is 6.77. The maximum Gasteiger partial charge on any atom is 0.343 e. The Balaban J connectivity index is 1.95. The third-order valence-corrected chi connectivity index (χ3v) is 5.02. The minimum absolute atomic E-state index is 0.313. The molecule has 1 aliphatic rings. The van der Waals surface area contributed by atoms with E-state index in [9.17, 15) is 9.59 Å². The highest BCUT2D eigenvalue weighted by molar-refractivity contribution is 9.10. The van der Waals surface area contributed by atoms with Crippen molar-refractivity contribution in [3.8, 4) is 0 Å². The van der Waals surface area contributed by atoms with Gasteiger partial charge in [-0.15, -0.1) is 0 Å². The maximum atomic E-state index is 12.6. The first kappa shape index (κ1) is 18.4. The summed E-state index contributed by atoms with van der Waals surface area (Å²) in [4.78, 5) is 24.9. The van der Waals surface area contributed by atoms with Gasteiger partial charge >= 0.3 is 11.9 Å². The molecule has 1 heterocycles. The van der Waals surface area contributed by atoms with E-state index >= 15 is 0 Å². The molecule has 134 valence electrons. The van der Waals surface area contributed by atoms with Gasteiger partial charge in [0.25, 0.3) is 0 Å². The summed E-state index contributed by atoms with van der Waals surface area (Å²) in [5, 5.41) is 0. The number of rotatable bonds is 3. The molecule has 0 saturated heterocycles. The van der Waals surface area contributed by atoms with E-state index in [4.69, 9.17) is 9.47 Å². The summed E-state index contributed by atoms with van der Waals surface area (Å²) in [5.41, 5.74) is 0.896. The predicted octanol–water partition coefficient (Wildman–Crippen LogP) is 5.20. The average Bonchev–Trinajstić information content (AvgIpc) is 2.63. The fourth-order valence-corrected chi connectivity index (χ4v) is 3.36. The van der Waals surface area contributed by atoms with Crippen molar-refractivity contribution >= 4 is 27.9 Å². The minimum Gasteiger partial charge on any atom is -0.453 e. The lowest BCUT2D eigenvalue weighted by molar-refractivity contribution is -0.155. The van der Waals surface area contributed by atoms with Gasteiger partial charge in [-0.25, -0.2) is 9.59 Å². The quantitative estimate of drug-likeness (QED) is 0.647. The first-order chi connectivity index (χ1) is 12.3. The lowest BCUT2D eigenvalue weighted by Gasteiger charge is -2.39. The van der Waals surface area contributed by atoms with Crippen LogP contribution in [-0.2, 0) is 14.3 Å². The molecular formula is C21H19BrO4. The number of carbonyl (C=O) groups excluding carboxylic acids is 2. The molecule has 0 N–H and O–H groups in total. The predicted molar refractivity (Wildman–Crippen MR) is 101 cm³/mol. The molecule has 1 atom stereocenters. The lowest BCUT2D eigenvalue weighted by Crippen LogP contribution is -2.37. The molecule has 0 fully saturated rings. The zero-order valence-electron chi connectivity index (χ0n) is 14.8. The van der Waals surface area contributed by atoms with Gasteiger partial charge in [0.05, 0.1) is 16.6 Å². The van der Waals surface area contributed by atoms with Gasteiger partial charge in [-0.1, -0.05) is 46.3 Å². The Morgan fingerprint density at radius 3 is 2.31 bits per heavy atom. The summed E-state index contributed by atoms with van der Waals surface area (Å²) in [6, 6.07) is 16.3. The van der Waals surface area contributed by atoms with Gasteiger partial charge in [0.15, 0.2) is 0 Å². The molecule has 0 saturated carbocycles. The van der Waals surface area contributed by atoms with Crippen molar-refractivity contribution in [2.75, 3.05) is 0 Å². The van der Waals surface area contributed by atoms with Crippen molar-refractivity contribution in [3.63, 3.8) is 0 Å². The van der Waals surface area contributed by atoms with E-state index in [0.29, 0.717) is 16.9 Å². The fourth-order valence-electron chi connectivity index (χ4n) is 3.10. The Hall–Kier alpha value is -2.40. The van der Waals surface area contributed by atoms with E-state index in [2.05, 4.69) is 15.9 Å². The van der Waals surface area contributed by atoms with Crippen LogP contribution in [0.1, 0.15) is 42.8 Å². The summed E-state index contributed by atoms with van der Waals surface area (Å²) >= 11 is 3.34. The summed E-state index contributed by atoms with van der Waals surface area (Å²) < 4.78 is 12.2. The molecule has 0 aromatic heterocycles. The molecule has 2 aromatic rings. The Morgan fingerprint density at radius 1 is 1.08 bits per heavy atom. The average molecular weight is 415 g/mol. The van der Waals surface area contributed by atoms with E-state index in [1.165, 1.54) is 0 Å². The SMILES string of the molecule is CC1=C(OC(=O)c2ccc(Br)cc2)C(C)(C)[C@@H](c2ccccc2)OC1=O. The van der Waals surface area contributed by atoms with E-state index in [1.807, 2.05) is 44.2 Å². The van der Waals surface area contributed by atoms with Gasteiger partial charge in [-0.2, -0.15) is 0 Å². The van der Waals surface area contributed by atoms with Crippen LogP contribution in [-0.4, -0.2) is 11.9 Å². The standard InChI is InChI=1S/C21H19BrO4/c1-13-17(25-20(24)15-9-11-16(22)12-10-15)21(2,3)18(26-19(13)23)14-7-5-4-6-8-14/h4-12,18H,1-3H3/t18-/m1/s1. The van der Waals surface area contributed by atoms with Crippen LogP contribution in [0.2, 0.25) is 0 Å². The van der Waals surface area contributed by atoms with Gasteiger partial charge in [0.2, 0.25) is 0 Å². The van der Waals surface area contributed by atoms with E-state index < -0.39 is 23.5 Å². The van der Waals surface area contributed by atoms with Crippen molar-refractivity contribution in [2.45, 2.75) is 26.9 Å². The highest BCUT2D eigenvalue weighted by atomic mass is 79.9. The second-order valence-corrected chi connectivity index (χ2v) is 7.68. The van der Waals surface area contributed by atoms with Crippen molar-refractivity contribution < 1.29 is 19.1 Å². The van der Waals surface area contributed by atoms with Gasteiger partial charge in [-0.3, -0.25) is 0 Å². The van der Waals surface area contributed by atoms with Gasteiger partial charge in [-0.05, 0) is 50.6 Å². The highest BCUT2D eigenvalue weighted by Crippen LogP contribution is 2.47. The molecule has 0 amide bonds. The van der Waals surface area contributed by atoms with E-state index in [1.54, 1.807) is 31.2 Å². The highest BCUT2D eigenvalue weighted by Gasteiger charge is 2.46. The van der Waals surface area contributed by atoms with Gasteiger partial charge < -0.3 is 9.47 Å². The van der Waals surface area contributed by atoms with Crippen LogP contribution in [0.5, 0.6) is 0 Å². The van der Waals surface area contributed by atoms with Crippen molar-refractivity contribution in [1.29, 1.82) is 0 Å². The van der Waals surface area contributed by atoms with Crippen molar-refractivity contribution in [1.82, 2.24) is 0 Å². The topological polar surface area (TPSA) is 52.6 Å². The third-order valence-electron chi connectivity index (χ3n) is 4.49. The van der Waals surface area contributed by atoms with Crippen molar-refractivity contribution in [2.24, 2.45) is 5.41 Å². The molecule has 4 nitrogen and oxygen atoms in total. The number of hydrogen-bond donors (Lipinski definition) is 0. The number of halogens is 1. The Bertz CT molecular complexity index is 867. The van der Waals surface area contributed by atoms with Gasteiger partial charge in [0, 0.05) is 4.47 Å². The van der Waals surface area contributed by atoms with E-state index in [-0.39, 0.29) is 0 Å². The summed E-state index contributed by atoms with van der Waals surface area (Å²) in [7, 11) is 0. The Morgan fingerprint density at radius 2 is 1.69 bits per heavy atom. The number of carbonyl (C=O) groups is 2. The van der Waals surface area contributed by atoms with Crippen LogP contribution in [0.4, 0.5) is 0 Å². The minimum atomic E-state index is -0.690. The van der Waals surface area contributed by atoms with Gasteiger partial charge in [0.1, 0.15) is 11.9 Å². The lowest BCUT2D eigenvalue weighted by atomic mass is 9.77. The van der Waals surface area contributed by atoms with Crippen LogP contribution >= 0.6 is 15.9 Å². The Labute approximate surface area is 160 Å². The molecular weight excluding hydrogens is 396 g/mol. The molecule has 0 unspecified atom stereocenters. The molecule has 26 heavy (non-hydrogen) atoms. The van der Waals surface area contributed by atoms with Crippen LogP contribution < -0.4 is 0 Å². The van der Waals surface area contributed by atoms with Crippen LogP contribution in [0.15, 0.2) is 70.4 Å². The van der Waals surface area contributed by atoms with Crippen LogP contribution in [0.25, 0.3) is 0 Å². The molecule has 0 spiro atoms. The zero-order chi connectivity index (χ0) is 18.9. The fraction of sp³-hybridized carbons (Fsp3) is 0.238. The summed E-state index contributed by atoms with van der Waals surface area (Å²) in [6.07, 6.45) is -0.535. The number of hydrogen-bond acceptors (Lipinski definition) is 4. The molecule has 0 radical (unpaired) electrons. The number of benzene rings is 2. The normalized spacial score (nSPS) is 19.1. The second kappa shape index (κ2) is 7.08. The van der Waals surface area contributed by atoms with Crippen molar-refractivity contribution in [3.05, 3.63) is 81.5 Å². The number of esters is 2. The molecule has 0 aliphatic carbocycles. The monoisotopic (exact) mass is 414 g/mol. The maximum absolute atomic E-state index is 12.6. The molecule has 2 aromatic carbocycles. The number of ether oxygens (including phenoxy) is 2. The summed E-state index contributed by atoms with van der Waals surface area (Å²) in [6.45, 7) is 5.44. The zero-order valence-corrected chi connectivity index (χ0v) is 16.4. The molecule has 3 rings (SSSR count). The van der Waals surface area contributed by atoms with Crippen LogP contribution in [0, 0.1) is 5.41 Å². The Kier molecular flexibility index (Phi) is 5.01. The third kappa shape index (κ3) is 3.44. The smallest absolute Gasteiger partial charge is 0.343 e. The van der Waals surface area contributed by atoms with E-state index in [0.717, 1.165) is 10.0 Å². The molecule has 5 heteroatoms. The molecule has 1 aliphatic heterocycles. The summed E-state index contributed by atoms with van der Waals surface area (Å²) in [5.74, 6) is -0.631. The number of cyclic esters (lactones) is 1. The first-order valence-corrected chi connectivity index (χ1v) is 9.05. The largest absolute Gasteiger partial charge is 0.453 e.